The minimum atomic E-state index is -0.944. The van der Waals surface area contributed by atoms with Gasteiger partial charge in [0.05, 0.1) is 32.1 Å². The third kappa shape index (κ3) is 5.00. The fraction of sp³-hybridized carbons (Fsp3) is 0.333. The molecule has 2 aromatic rings. The van der Waals surface area contributed by atoms with Gasteiger partial charge in [0.15, 0.2) is 17.6 Å². The predicted octanol–water partition coefficient (Wildman–Crippen LogP) is 2.55. The molecule has 1 amide bonds. The zero-order valence-corrected chi connectivity index (χ0v) is 14.4. The molecular formula is C18H21NO6. The number of hydrogen-bond donors (Lipinski definition) is 1. The summed E-state index contributed by atoms with van der Waals surface area (Å²) < 4.78 is 20.9. The Kier molecular flexibility index (Phi) is 6.45. The molecule has 0 aliphatic carbocycles. The van der Waals surface area contributed by atoms with Gasteiger partial charge in [-0.25, -0.2) is 4.79 Å². The van der Waals surface area contributed by atoms with Crippen molar-refractivity contribution in [2.45, 2.75) is 26.5 Å². The number of ether oxygens (including phenoxy) is 3. The van der Waals surface area contributed by atoms with Crippen LogP contribution in [0.5, 0.6) is 11.5 Å². The van der Waals surface area contributed by atoms with Crippen LogP contribution in [0, 0.1) is 0 Å². The molecule has 7 heteroatoms. The van der Waals surface area contributed by atoms with Crippen molar-refractivity contribution in [1.29, 1.82) is 0 Å². The van der Waals surface area contributed by atoms with Crippen LogP contribution >= 0.6 is 0 Å². The molecule has 134 valence electrons. The quantitative estimate of drug-likeness (QED) is 0.739. The van der Waals surface area contributed by atoms with Crippen LogP contribution < -0.4 is 14.8 Å². The number of methoxy groups -OCH3 is 1. The molecule has 1 aromatic heterocycles. The lowest BCUT2D eigenvalue weighted by atomic mass is 10.2. The molecule has 2 rings (SSSR count). The topological polar surface area (TPSA) is 87.0 Å². The van der Waals surface area contributed by atoms with E-state index in [9.17, 15) is 9.59 Å². The first kappa shape index (κ1) is 18.4. The fourth-order valence-corrected chi connectivity index (χ4v) is 2.08. The molecule has 1 heterocycles. The van der Waals surface area contributed by atoms with E-state index < -0.39 is 18.0 Å². The number of furan rings is 1. The van der Waals surface area contributed by atoms with Crippen LogP contribution in [0.1, 0.15) is 30.0 Å². The standard InChI is InChI=1S/C18H21NO6/c1-4-23-15-8-7-13(10-16(15)22-3)18(21)25-12(2)17(20)19-11-14-6-5-9-24-14/h5-10,12H,4,11H2,1-3H3,(H,19,20)/t12-/m1/s1. The SMILES string of the molecule is CCOc1ccc(C(=O)O[C@H](C)C(=O)NCc2ccco2)cc1OC. The van der Waals surface area contributed by atoms with Crippen LogP contribution in [0.25, 0.3) is 0 Å². The maximum absolute atomic E-state index is 12.2. The van der Waals surface area contributed by atoms with Gasteiger partial charge in [-0.3, -0.25) is 4.79 Å². The summed E-state index contributed by atoms with van der Waals surface area (Å²) in [5.41, 5.74) is 0.269. The number of esters is 1. The Morgan fingerprint density at radius 1 is 1.24 bits per heavy atom. The predicted molar refractivity (Wildman–Crippen MR) is 89.6 cm³/mol. The molecule has 0 aliphatic heterocycles. The summed E-state index contributed by atoms with van der Waals surface area (Å²) in [6, 6.07) is 8.16. The van der Waals surface area contributed by atoms with E-state index in [0.29, 0.717) is 23.9 Å². The number of carbonyl (C=O) groups is 2. The van der Waals surface area contributed by atoms with E-state index in [2.05, 4.69) is 5.32 Å². The van der Waals surface area contributed by atoms with E-state index in [1.165, 1.54) is 26.4 Å². The molecule has 25 heavy (non-hydrogen) atoms. The lowest BCUT2D eigenvalue weighted by Crippen LogP contribution is -2.35. The van der Waals surface area contributed by atoms with Gasteiger partial charge in [0.1, 0.15) is 5.76 Å². The smallest absolute Gasteiger partial charge is 0.339 e. The van der Waals surface area contributed by atoms with Gasteiger partial charge in [-0.05, 0) is 44.2 Å². The molecule has 0 unspecified atom stereocenters. The Balaban J connectivity index is 1.94. The van der Waals surface area contributed by atoms with Gasteiger partial charge >= 0.3 is 5.97 Å². The van der Waals surface area contributed by atoms with Gasteiger partial charge in [0.2, 0.25) is 0 Å². The van der Waals surface area contributed by atoms with Crippen LogP contribution in [0.3, 0.4) is 0 Å². The molecule has 0 fully saturated rings. The monoisotopic (exact) mass is 347 g/mol. The molecule has 1 N–H and O–H groups in total. The van der Waals surface area contributed by atoms with E-state index in [1.54, 1.807) is 24.3 Å². The maximum atomic E-state index is 12.2. The van der Waals surface area contributed by atoms with Gasteiger partial charge in [0, 0.05) is 0 Å². The molecule has 0 aliphatic rings. The Labute approximate surface area is 145 Å². The second-order valence-corrected chi connectivity index (χ2v) is 5.14. The Morgan fingerprint density at radius 2 is 2.04 bits per heavy atom. The van der Waals surface area contributed by atoms with Crippen LogP contribution in [-0.4, -0.2) is 31.7 Å². The van der Waals surface area contributed by atoms with E-state index in [0.717, 1.165) is 0 Å². The molecule has 7 nitrogen and oxygen atoms in total. The fourth-order valence-electron chi connectivity index (χ4n) is 2.08. The number of nitrogens with one attached hydrogen (secondary N) is 1. The van der Waals surface area contributed by atoms with Gasteiger partial charge in [0.25, 0.3) is 5.91 Å². The second-order valence-electron chi connectivity index (χ2n) is 5.14. The highest BCUT2D eigenvalue weighted by atomic mass is 16.5. The second kappa shape index (κ2) is 8.77. The van der Waals surface area contributed by atoms with Crippen molar-refractivity contribution < 1.29 is 28.2 Å². The summed E-state index contributed by atoms with van der Waals surface area (Å²) >= 11 is 0. The van der Waals surface area contributed by atoms with Crippen LogP contribution in [0.2, 0.25) is 0 Å². The van der Waals surface area contributed by atoms with Crippen molar-refractivity contribution >= 4 is 11.9 Å². The number of carbonyl (C=O) groups excluding carboxylic acids is 2. The van der Waals surface area contributed by atoms with Crippen LogP contribution in [0.4, 0.5) is 0 Å². The number of amides is 1. The zero-order chi connectivity index (χ0) is 18.2. The number of rotatable bonds is 8. The summed E-state index contributed by atoms with van der Waals surface area (Å²) in [6.45, 7) is 4.06. The summed E-state index contributed by atoms with van der Waals surface area (Å²) in [5.74, 6) is 0.532. The van der Waals surface area contributed by atoms with Gasteiger partial charge in [-0.2, -0.15) is 0 Å². The summed E-state index contributed by atoms with van der Waals surface area (Å²) in [5, 5.41) is 2.64. The summed E-state index contributed by atoms with van der Waals surface area (Å²) in [7, 11) is 1.48. The Bertz CT molecular complexity index is 710. The first-order chi connectivity index (χ1) is 12.0. The first-order valence-electron chi connectivity index (χ1n) is 7.87. The highest BCUT2D eigenvalue weighted by Gasteiger charge is 2.20. The molecule has 1 atom stereocenters. The lowest BCUT2D eigenvalue weighted by Gasteiger charge is -2.14. The Hall–Kier alpha value is -2.96. The lowest BCUT2D eigenvalue weighted by molar-refractivity contribution is -0.129. The average molecular weight is 347 g/mol. The summed E-state index contributed by atoms with van der Waals surface area (Å²) in [4.78, 5) is 24.2. The molecule has 1 aromatic carbocycles. The van der Waals surface area contributed by atoms with E-state index in [1.807, 2.05) is 6.92 Å². The van der Waals surface area contributed by atoms with Crippen molar-refractivity contribution in [1.82, 2.24) is 5.32 Å². The number of benzene rings is 1. The normalized spacial score (nSPS) is 11.5. The van der Waals surface area contributed by atoms with Gasteiger partial charge in [-0.15, -0.1) is 0 Å². The van der Waals surface area contributed by atoms with Crippen molar-refractivity contribution in [2.75, 3.05) is 13.7 Å². The molecule has 0 saturated heterocycles. The van der Waals surface area contributed by atoms with Crippen molar-refractivity contribution in [3.63, 3.8) is 0 Å². The maximum Gasteiger partial charge on any atom is 0.339 e. The molecule has 0 spiro atoms. The van der Waals surface area contributed by atoms with Crippen molar-refractivity contribution in [2.24, 2.45) is 0 Å². The Morgan fingerprint density at radius 3 is 2.68 bits per heavy atom. The van der Waals surface area contributed by atoms with Crippen molar-refractivity contribution in [3.05, 3.63) is 47.9 Å². The highest BCUT2D eigenvalue weighted by molar-refractivity contribution is 5.92. The van der Waals surface area contributed by atoms with Gasteiger partial charge < -0.3 is 23.9 Å². The van der Waals surface area contributed by atoms with E-state index in [-0.39, 0.29) is 12.1 Å². The highest BCUT2D eigenvalue weighted by Crippen LogP contribution is 2.28. The third-order valence-electron chi connectivity index (χ3n) is 3.37. The van der Waals surface area contributed by atoms with Gasteiger partial charge in [-0.1, -0.05) is 0 Å². The molecule has 0 bridgehead atoms. The van der Waals surface area contributed by atoms with E-state index in [4.69, 9.17) is 18.6 Å². The minimum absolute atomic E-state index is 0.227. The molecule has 0 saturated carbocycles. The molecular weight excluding hydrogens is 326 g/mol. The largest absolute Gasteiger partial charge is 0.493 e. The summed E-state index contributed by atoms with van der Waals surface area (Å²) in [6.07, 6.45) is 0.574. The van der Waals surface area contributed by atoms with Crippen molar-refractivity contribution in [3.8, 4) is 11.5 Å². The third-order valence-corrected chi connectivity index (χ3v) is 3.37. The first-order valence-corrected chi connectivity index (χ1v) is 7.87. The van der Waals surface area contributed by atoms with Crippen LogP contribution in [-0.2, 0) is 16.1 Å². The minimum Gasteiger partial charge on any atom is -0.493 e. The zero-order valence-electron chi connectivity index (χ0n) is 14.4. The number of hydrogen-bond acceptors (Lipinski definition) is 6. The average Bonchev–Trinajstić information content (AvgIpc) is 3.13. The molecule has 0 radical (unpaired) electrons. The van der Waals surface area contributed by atoms with E-state index >= 15 is 0 Å². The van der Waals surface area contributed by atoms with Crippen LogP contribution in [0.15, 0.2) is 41.0 Å².